The first-order valence-corrected chi connectivity index (χ1v) is 5.15. The number of rotatable bonds is 2. The van der Waals surface area contributed by atoms with Crippen LogP contribution in [0.15, 0.2) is 12.3 Å². The van der Waals surface area contributed by atoms with Crippen LogP contribution in [0.5, 0.6) is 0 Å². The Morgan fingerprint density at radius 3 is 3.12 bits per heavy atom. The zero-order chi connectivity index (χ0) is 11.6. The molecule has 1 fully saturated rings. The number of anilines is 1. The molecule has 0 radical (unpaired) electrons. The van der Waals surface area contributed by atoms with E-state index in [1.165, 1.54) is 12.3 Å². The van der Waals surface area contributed by atoms with Gasteiger partial charge in [0.05, 0.1) is 6.61 Å². The standard InChI is InChI=1S/C9H11ClN4O2/c10-6-1-3-12-8(13-6)14-7(15)9(11)2-4-16-5-9/h1,3H,2,4-5,11H2,(H,12,13,14,15). The molecule has 1 aliphatic rings. The number of carbonyl (C=O) groups excluding carboxylic acids is 1. The Bertz CT molecular complexity index is 406. The molecule has 2 heterocycles. The molecule has 1 saturated heterocycles. The van der Waals surface area contributed by atoms with E-state index in [2.05, 4.69) is 15.3 Å². The van der Waals surface area contributed by atoms with Crippen LogP contribution >= 0.6 is 11.6 Å². The Labute approximate surface area is 97.2 Å². The molecule has 0 bridgehead atoms. The van der Waals surface area contributed by atoms with Gasteiger partial charge in [0.1, 0.15) is 10.7 Å². The van der Waals surface area contributed by atoms with Crippen LogP contribution in [0.3, 0.4) is 0 Å². The molecule has 6 nitrogen and oxygen atoms in total. The van der Waals surface area contributed by atoms with Crippen LogP contribution in [0, 0.1) is 0 Å². The molecular weight excluding hydrogens is 232 g/mol. The predicted molar refractivity (Wildman–Crippen MR) is 58.0 cm³/mol. The quantitative estimate of drug-likeness (QED) is 0.723. The minimum atomic E-state index is -0.994. The van der Waals surface area contributed by atoms with E-state index < -0.39 is 5.54 Å². The van der Waals surface area contributed by atoms with Crippen molar-refractivity contribution in [2.24, 2.45) is 5.73 Å². The van der Waals surface area contributed by atoms with Gasteiger partial charge in [-0.05, 0) is 12.5 Å². The number of amides is 1. The number of aromatic nitrogens is 2. The van der Waals surface area contributed by atoms with E-state index in [4.69, 9.17) is 22.1 Å². The van der Waals surface area contributed by atoms with Crippen molar-refractivity contribution < 1.29 is 9.53 Å². The Morgan fingerprint density at radius 1 is 1.69 bits per heavy atom. The number of nitrogens with one attached hydrogen (secondary N) is 1. The number of nitrogens with two attached hydrogens (primary N) is 1. The van der Waals surface area contributed by atoms with Gasteiger partial charge < -0.3 is 10.5 Å². The number of halogens is 1. The van der Waals surface area contributed by atoms with E-state index in [9.17, 15) is 4.79 Å². The molecule has 0 saturated carbocycles. The second kappa shape index (κ2) is 4.32. The Morgan fingerprint density at radius 2 is 2.50 bits per heavy atom. The van der Waals surface area contributed by atoms with Crippen LogP contribution in [-0.4, -0.2) is 34.6 Å². The van der Waals surface area contributed by atoms with Gasteiger partial charge >= 0.3 is 0 Å². The van der Waals surface area contributed by atoms with Gasteiger partial charge in [-0.3, -0.25) is 10.1 Å². The van der Waals surface area contributed by atoms with E-state index in [1.54, 1.807) is 0 Å². The van der Waals surface area contributed by atoms with E-state index in [0.717, 1.165) is 0 Å². The number of hydrogen-bond acceptors (Lipinski definition) is 5. The van der Waals surface area contributed by atoms with Crippen LogP contribution in [0.25, 0.3) is 0 Å². The second-order valence-corrected chi connectivity index (χ2v) is 4.00. The highest BCUT2D eigenvalue weighted by Crippen LogP contribution is 2.17. The van der Waals surface area contributed by atoms with E-state index in [0.29, 0.717) is 13.0 Å². The lowest BCUT2D eigenvalue weighted by Crippen LogP contribution is -2.51. The topological polar surface area (TPSA) is 90.1 Å². The summed E-state index contributed by atoms with van der Waals surface area (Å²) in [6.07, 6.45) is 1.94. The lowest BCUT2D eigenvalue weighted by molar-refractivity contribution is -0.121. The maximum atomic E-state index is 11.8. The fraction of sp³-hybridized carbons (Fsp3) is 0.444. The van der Waals surface area contributed by atoms with Crippen molar-refractivity contribution in [2.45, 2.75) is 12.0 Å². The molecule has 1 unspecified atom stereocenters. The lowest BCUT2D eigenvalue weighted by Gasteiger charge is -2.19. The van der Waals surface area contributed by atoms with E-state index in [1.807, 2.05) is 0 Å². The van der Waals surface area contributed by atoms with Crippen molar-refractivity contribution in [2.75, 3.05) is 18.5 Å². The first-order valence-electron chi connectivity index (χ1n) is 4.77. The Hall–Kier alpha value is -1.24. The molecule has 1 aromatic heterocycles. The molecule has 2 rings (SSSR count). The van der Waals surface area contributed by atoms with Gasteiger partial charge in [0.25, 0.3) is 0 Å². The van der Waals surface area contributed by atoms with Crippen molar-refractivity contribution in [1.29, 1.82) is 0 Å². The zero-order valence-corrected chi connectivity index (χ0v) is 9.20. The molecule has 1 amide bonds. The van der Waals surface area contributed by atoms with Crippen molar-refractivity contribution >= 4 is 23.5 Å². The molecule has 0 aliphatic carbocycles. The van der Waals surface area contributed by atoms with Gasteiger partial charge in [0, 0.05) is 12.8 Å². The molecule has 1 atom stereocenters. The average molecular weight is 243 g/mol. The molecule has 0 aromatic carbocycles. The second-order valence-electron chi connectivity index (χ2n) is 3.62. The van der Waals surface area contributed by atoms with Gasteiger partial charge in [-0.1, -0.05) is 11.6 Å². The third-order valence-corrected chi connectivity index (χ3v) is 2.56. The lowest BCUT2D eigenvalue weighted by atomic mass is 9.99. The van der Waals surface area contributed by atoms with Crippen molar-refractivity contribution in [3.63, 3.8) is 0 Å². The largest absolute Gasteiger partial charge is 0.379 e. The van der Waals surface area contributed by atoms with Crippen LogP contribution in [0.1, 0.15) is 6.42 Å². The predicted octanol–water partition coefficient (Wildman–Crippen LogP) is 0.186. The van der Waals surface area contributed by atoms with Crippen LogP contribution < -0.4 is 11.1 Å². The number of nitrogens with zero attached hydrogens (tertiary/aromatic N) is 2. The maximum absolute atomic E-state index is 11.8. The van der Waals surface area contributed by atoms with Crippen LogP contribution in [0.4, 0.5) is 5.95 Å². The third kappa shape index (κ3) is 2.29. The highest BCUT2D eigenvalue weighted by Gasteiger charge is 2.38. The molecule has 16 heavy (non-hydrogen) atoms. The normalized spacial score (nSPS) is 24.4. The summed E-state index contributed by atoms with van der Waals surface area (Å²) < 4.78 is 5.09. The summed E-state index contributed by atoms with van der Waals surface area (Å²) in [6, 6.07) is 1.52. The number of ether oxygens (including phenoxy) is 1. The number of hydrogen-bond donors (Lipinski definition) is 2. The third-order valence-electron chi connectivity index (χ3n) is 2.35. The molecule has 0 spiro atoms. The molecule has 1 aliphatic heterocycles. The van der Waals surface area contributed by atoms with Gasteiger partial charge in [0.15, 0.2) is 0 Å². The zero-order valence-electron chi connectivity index (χ0n) is 8.44. The van der Waals surface area contributed by atoms with Crippen LogP contribution in [-0.2, 0) is 9.53 Å². The summed E-state index contributed by atoms with van der Waals surface area (Å²) in [5.41, 5.74) is 4.87. The first kappa shape index (κ1) is 11.3. The molecule has 7 heteroatoms. The molecule has 1 aromatic rings. The van der Waals surface area contributed by atoms with Crippen molar-refractivity contribution in [1.82, 2.24) is 9.97 Å². The SMILES string of the molecule is NC1(C(=O)Nc2nccc(Cl)n2)CCOC1. The van der Waals surface area contributed by atoms with Gasteiger partial charge in [-0.15, -0.1) is 0 Å². The van der Waals surface area contributed by atoms with Crippen molar-refractivity contribution in [3.8, 4) is 0 Å². The van der Waals surface area contributed by atoms with Gasteiger partial charge in [0.2, 0.25) is 11.9 Å². The van der Waals surface area contributed by atoms with E-state index >= 15 is 0 Å². The molecular formula is C9H11ClN4O2. The first-order chi connectivity index (χ1) is 7.60. The Kier molecular flexibility index (Phi) is 3.04. The van der Waals surface area contributed by atoms with E-state index in [-0.39, 0.29) is 23.6 Å². The molecule has 86 valence electrons. The van der Waals surface area contributed by atoms with Crippen molar-refractivity contribution in [3.05, 3.63) is 17.4 Å². The Balaban J connectivity index is 2.07. The average Bonchev–Trinajstić information content (AvgIpc) is 2.66. The smallest absolute Gasteiger partial charge is 0.249 e. The van der Waals surface area contributed by atoms with Gasteiger partial charge in [-0.2, -0.15) is 0 Å². The summed E-state index contributed by atoms with van der Waals surface area (Å²) in [6.45, 7) is 0.694. The van der Waals surface area contributed by atoms with Gasteiger partial charge in [-0.25, -0.2) is 9.97 Å². The highest BCUT2D eigenvalue weighted by molar-refractivity contribution is 6.29. The maximum Gasteiger partial charge on any atom is 0.249 e. The summed E-state index contributed by atoms with van der Waals surface area (Å²) in [5.74, 6) is -0.207. The van der Waals surface area contributed by atoms with Crippen LogP contribution in [0.2, 0.25) is 5.15 Å². The number of carbonyl (C=O) groups is 1. The fourth-order valence-corrected chi connectivity index (χ4v) is 1.52. The molecule has 3 N–H and O–H groups in total. The fourth-order valence-electron chi connectivity index (χ4n) is 1.38. The monoisotopic (exact) mass is 242 g/mol. The highest BCUT2D eigenvalue weighted by atomic mass is 35.5. The minimum Gasteiger partial charge on any atom is -0.379 e. The summed E-state index contributed by atoms with van der Waals surface area (Å²) in [7, 11) is 0. The summed E-state index contributed by atoms with van der Waals surface area (Å²) in [5, 5.41) is 2.78. The summed E-state index contributed by atoms with van der Waals surface area (Å²) >= 11 is 5.66. The summed E-state index contributed by atoms with van der Waals surface area (Å²) in [4.78, 5) is 19.5. The minimum absolute atomic E-state index is 0.147.